The fourth-order valence-electron chi connectivity index (χ4n) is 0.671. The molecule has 0 spiro atoms. The predicted molar refractivity (Wildman–Crippen MR) is 44.9 cm³/mol. The molecule has 0 aromatic rings. The van der Waals surface area contributed by atoms with E-state index < -0.39 is 0 Å². The Kier molecular flexibility index (Phi) is 2.66. The Morgan fingerprint density at radius 1 is 1.67 bits per heavy atom. The van der Waals surface area contributed by atoms with Gasteiger partial charge in [0.1, 0.15) is 0 Å². The third-order valence-electron chi connectivity index (χ3n) is 1.16. The molecule has 1 atom stereocenters. The van der Waals surface area contributed by atoms with Gasteiger partial charge in [0.2, 0.25) is 0 Å². The molecule has 48 valence electrons. The Labute approximate surface area is 57.8 Å². The van der Waals surface area contributed by atoms with Crippen molar-refractivity contribution in [2.75, 3.05) is 6.16 Å². The van der Waals surface area contributed by atoms with E-state index in [0.29, 0.717) is 0 Å². The molecule has 0 aromatic carbocycles. The van der Waals surface area contributed by atoms with Gasteiger partial charge in [0, 0.05) is 18.1 Å². The Balaban J connectivity index is 2.63. The van der Waals surface area contributed by atoms with Gasteiger partial charge in [-0.25, -0.2) is 0 Å². The van der Waals surface area contributed by atoms with Gasteiger partial charge in [0.25, 0.3) is 0 Å². The molecule has 2 heteroatoms. The third kappa shape index (κ3) is 2.11. The summed E-state index contributed by atoms with van der Waals surface area (Å²) in [7, 11) is 2.66. The summed E-state index contributed by atoms with van der Waals surface area (Å²) in [4.78, 5) is 4.17. The molecule has 1 unspecified atom stereocenters. The van der Waals surface area contributed by atoms with Crippen LogP contribution in [0.15, 0.2) is 28.9 Å². The summed E-state index contributed by atoms with van der Waals surface area (Å²) in [5.74, 6) is 0. The topological polar surface area (TPSA) is 12.4 Å². The minimum atomic E-state index is 0.957. The number of hydrogen-bond acceptors (Lipinski definition) is 1. The highest BCUT2D eigenvalue weighted by Gasteiger charge is 1.88. The lowest BCUT2D eigenvalue weighted by Gasteiger charge is -1.90. The smallest absolute Gasteiger partial charge is 0.0404 e. The number of allylic oxidation sites excluding steroid dienone is 4. The molecular weight excluding hydrogens is 129 g/mol. The number of rotatable bonds is 1. The Bertz CT molecular complexity index is 168. The van der Waals surface area contributed by atoms with Gasteiger partial charge < -0.3 is 0 Å². The number of nitrogens with zero attached hydrogens (tertiary/aromatic N) is 1. The van der Waals surface area contributed by atoms with Crippen LogP contribution in [0.1, 0.15) is 6.42 Å². The molecular formula is C7H10NP. The van der Waals surface area contributed by atoms with Crippen LogP contribution in [0.5, 0.6) is 0 Å². The molecule has 1 aliphatic rings. The Morgan fingerprint density at radius 2 is 2.56 bits per heavy atom. The van der Waals surface area contributed by atoms with E-state index in [9.17, 15) is 0 Å². The first kappa shape index (κ1) is 6.70. The summed E-state index contributed by atoms with van der Waals surface area (Å²) in [6, 6.07) is 0. The standard InChI is InChI=1S/C7H10NP/c9-6-7-4-2-1-3-5-8-7/h1,3-5H,2,6,9H2. The SMILES string of the molecule is PCC1=CCC=CC=N1. The van der Waals surface area contributed by atoms with Crippen molar-refractivity contribution < 1.29 is 0 Å². The normalized spacial score (nSPS) is 17.2. The van der Waals surface area contributed by atoms with E-state index in [4.69, 9.17) is 0 Å². The molecule has 9 heavy (non-hydrogen) atoms. The highest BCUT2D eigenvalue weighted by molar-refractivity contribution is 7.16. The van der Waals surface area contributed by atoms with Gasteiger partial charge in [-0.2, -0.15) is 0 Å². The quantitative estimate of drug-likeness (QED) is 0.491. The van der Waals surface area contributed by atoms with Crippen molar-refractivity contribution in [3.05, 3.63) is 23.9 Å². The van der Waals surface area contributed by atoms with Crippen LogP contribution in [0, 0.1) is 0 Å². The molecule has 0 saturated heterocycles. The van der Waals surface area contributed by atoms with Crippen LogP contribution in [0.2, 0.25) is 0 Å². The Hall–Kier alpha value is -0.420. The van der Waals surface area contributed by atoms with Crippen molar-refractivity contribution >= 4 is 15.5 Å². The summed E-state index contributed by atoms with van der Waals surface area (Å²) in [6.45, 7) is 0. The van der Waals surface area contributed by atoms with E-state index in [1.807, 2.05) is 12.3 Å². The minimum Gasteiger partial charge on any atom is -0.261 e. The first-order valence-corrected chi connectivity index (χ1v) is 3.83. The van der Waals surface area contributed by atoms with Gasteiger partial charge in [-0.3, -0.25) is 4.99 Å². The highest BCUT2D eigenvalue weighted by atomic mass is 31.0. The largest absolute Gasteiger partial charge is 0.261 e. The third-order valence-corrected chi connectivity index (χ3v) is 1.58. The van der Waals surface area contributed by atoms with Gasteiger partial charge in [0.15, 0.2) is 0 Å². The minimum absolute atomic E-state index is 0.957. The molecule has 0 amide bonds. The molecule has 0 aliphatic carbocycles. The number of aliphatic imine (C=N–C) groups is 1. The number of hydrogen-bond donors (Lipinski definition) is 0. The zero-order valence-corrected chi connectivity index (χ0v) is 6.40. The van der Waals surface area contributed by atoms with E-state index in [1.165, 1.54) is 0 Å². The van der Waals surface area contributed by atoms with Crippen molar-refractivity contribution in [1.29, 1.82) is 0 Å². The zero-order chi connectivity index (χ0) is 6.53. The maximum absolute atomic E-state index is 4.17. The maximum Gasteiger partial charge on any atom is 0.0404 e. The van der Waals surface area contributed by atoms with Crippen molar-refractivity contribution in [3.63, 3.8) is 0 Å². The van der Waals surface area contributed by atoms with E-state index in [0.717, 1.165) is 18.3 Å². The molecule has 0 fully saturated rings. The second-order valence-electron chi connectivity index (χ2n) is 1.84. The van der Waals surface area contributed by atoms with Gasteiger partial charge in [-0.05, 0) is 12.5 Å². The first-order chi connectivity index (χ1) is 4.43. The summed E-state index contributed by atoms with van der Waals surface area (Å²) in [5, 5.41) is 0. The molecule has 0 N–H and O–H groups in total. The van der Waals surface area contributed by atoms with Crippen LogP contribution in [-0.4, -0.2) is 12.4 Å². The maximum atomic E-state index is 4.17. The van der Waals surface area contributed by atoms with Crippen LogP contribution in [-0.2, 0) is 0 Å². The fraction of sp³-hybridized carbons (Fsp3) is 0.286. The van der Waals surface area contributed by atoms with Crippen molar-refractivity contribution in [3.8, 4) is 0 Å². The second-order valence-corrected chi connectivity index (χ2v) is 2.25. The van der Waals surface area contributed by atoms with E-state index in [2.05, 4.69) is 26.4 Å². The predicted octanol–water partition coefficient (Wildman–Crippen LogP) is 1.78. The van der Waals surface area contributed by atoms with Gasteiger partial charge in [-0.15, -0.1) is 9.24 Å². The molecule has 0 bridgehead atoms. The molecule has 0 saturated carbocycles. The summed E-state index contributed by atoms with van der Waals surface area (Å²) >= 11 is 0. The van der Waals surface area contributed by atoms with Crippen molar-refractivity contribution in [2.24, 2.45) is 4.99 Å². The average molecular weight is 139 g/mol. The van der Waals surface area contributed by atoms with E-state index >= 15 is 0 Å². The molecule has 0 radical (unpaired) electrons. The summed E-state index contributed by atoms with van der Waals surface area (Å²) < 4.78 is 0. The van der Waals surface area contributed by atoms with E-state index in [1.54, 1.807) is 0 Å². The molecule has 1 nitrogen and oxygen atoms in total. The van der Waals surface area contributed by atoms with Crippen LogP contribution >= 0.6 is 9.24 Å². The van der Waals surface area contributed by atoms with Crippen molar-refractivity contribution in [2.45, 2.75) is 6.42 Å². The molecule has 0 aromatic heterocycles. The lowest BCUT2D eigenvalue weighted by molar-refractivity contribution is 1.27. The monoisotopic (exact) mass is 139 g/mol. The second kappa shape index (κ2) is 3.58. The van der Waals surface area contributed by atoms with Gasteiger partial charge in [0.05, 0.1) is 0 Å². The lowest BCUT2D eigenvalue weighted by Crippen LogP contribution is -1.76. The molecule has 1 rings (SSSR count). The van der Waals surface area contributed by atoms with Crippen LogP contribution < -0.4 is 0 Å². The first-order valence-electron chi connectivity index (χ1n) is 3.02. The summed E-state index contributed by atoms with van der Waals surface area (Å²) in [6.07, 6.45) is 10.0. The zero-order valence-electron chi connectivity index (χ0n) is 5.25. The van der Waals surface area contributed by atoms with Crippen LogP contribution in [0.4, 0.5) is 0 Å². The molecule has 1 aliphatic heterocycles. The highest BCUT2D eigenvalue weighted by Crippen LogP contribution is 2.05. The van der Waals surface area contributed by atoms with Crippen LogP contribution in [0.3, 0.4) is 0 Å². The summed E-state index contributed by atoms with van der Waals surface area (Å²) in [5.41, 5.74) is 1.16. The van der Waals surface area contributed by atoms with Crippen LogP contribution in [0.25, 0.3) is 0 Å². The lowest BCUT2D eigenvalue weighted by atomic mass is 10.3. The average Bonchev–Trinajstić information content (AvgIpc) is 2.13. The van der Waals surface area contributed by atoms with Gasteiger partial charge >= 0.3 is 0 Å². The van der Waals surface area contributed by atoms with Gasteiger partial charge in [-0.1, -0.05) is 12.2 Å². The van der Waals surface area contributed by atoms with E-state index in [-0.39, 0.29) is 0 Å². The Morgan fingerprint density at radius 3 is 3.33 bits per heavy atom. The fourth-order valence-corrected chi connectivity index (χ4v) is 0.943. The van der Waals surface area contributed by atoms with Crippen molar-refractivity contribution in [1.82, 2.24) is 0 Å². The molecule has 1 heterocycles.